The van der Waals surface area contributed by atoms with E-state index in [1.54, 1.807) is 12.1 Å². The zero-order chi connectivity index (χ0) is 20.4. The number of amides is 1. The Hall–Kier alpha value is -3.21. The molecule has 0 spiro atoms. The second-order valence-electron chi connectivity index (χ2n) is 7.60. The molecule has 1 fully saturated rings. The zero-order valence-corrected chi connectivity index (χ0v) is 16.4. The summed E-state index contributed by atoms with van der Waals surface area (Å²) in [6.45, 7) is 3.31. The highest BCUT2D eigenvalue weighted by molar-refractivity contribution is 5.80. The lowest BCUT2D eigenvalue weighted by atomic mass is 9.99. The number of carbonyl (C=O) groups is 1. The van der Waals surface area contributed by atoms with E-state index >= 15 is 0 Å². The first-order valence-electron chi connectivity index (χ1n) is 9.86. The van der Waals surface area contributed by atoms with Gasteiger partial charge in [0.15, 0.2) is 0 Å². The quantitative estimate of drug-likeness (QED) is 0.722. The molecule has 0 radical (unpaired) electrons. The van der Waals surface area contributed by atoms with Gasteiger partial charge in [-0.05, 0) is 54.8 Å². The van der Waals surface area contributed by atoms with E-state index in [-0.39, 0.29) is 18.1 Å². The van der Waals surface area contributed by atoms with Crippen LogP contribution in [0.5, 0.6) is 0 Å². The number of benzene rings is 2. The van der Waals surface area contributed by atoms with Crippen molar-refractivity contribution in [3.8, 4) is 11.3 Å². The van der Waals surface area contributed by atoms with Crippen molar-refractivity contribution in [3.63, 3.8) is 0 Å². The molecule has 0 saturated carbocycles. The molecule has 2 aromatic carbocycles. The van der Waals surface area contributed by atoms with Gasteiger partial charge in [-0.1, -0.05) is 30.3 Å². The van der Waals surface area contributed by atoms with E-state index in [0.717, 1.165) is 30.6 Å². The Morgan fingerprint density at radius 1 is 1.17 bits per heavy atom. The van der Waals surface area contributed by atoms with Crippen LogP contribution in [0.2, 0.25) is 0 Å². The van der Waals surface area contributed by atoms with Crippen molar-refractivity contribution < 1.29 is 9.18 Å². The molecular formula is C24H24FN3O. The monoisotopic (exact) mass is 389 g/mol. The Morgan fingerprint density at radius 2 is 1.97 bits per heavy atom. The molecule has 5 heteroatoms. The highest BCUT2D eigenvalue weighted by Gasteiger charge is 2.27. The van der Waals surface area contributed by atoms with Crippen LogP contribution in [0.4, 0.5) is 10.1 Å². The van der Waals surface area contributed by atoms with E-state index < -0.39 is 0 Å². The third-order valence-corrected chi connectivity index (χ3v) is 5.60. The fourth-order valence-corrected chi connectivity index (χ4v) is 3.96. The number of likely N-dealkylation sites (tertiary alicyclic amines) is 1. The number of hydrogen-bond donors (Lipinski definition) is 1. The van der Waals surface area contributed by atoms with Crippen LogP contribution in [0.25, 0.3) is 11.3 Å². The highest BCUT2D eigenvalue weighted by atomic mass is 19.1. The maximum atomic E-state index is 13.4. The summed E-state index contributed by atoms with van der Waals surface area (Å²) in [6.07, 6.45) is 1.13. The molecule has 0 bridgehead atoms. The number of pyridine rings is 1. The Kier molecular flexibility index (Phi) is 5.30. The number of carbonyl (C=O) groups excluding carboxylic acids is 1. The average Bonchev–Trinajstić information content (AvgIpc) is 3.21. The summed E-state index contributed by atoms with van der Waals surface area (Å²) in [5, 5.41) is 0. The summed E-state index contributed by atoms with van der Waals surface area (Å²) in [5.74, 6) is 0.133. The van der Waals surface area contributed by atoms with Gasteiger partial charge in [-0.3, -0.25) is 9.78 Å². The van der Waals surface area contributed by atoms with E-state index in [4.69, 9.17) is 5.73 Å². The third kappa shape index (κ3) is 4.14. The first-order chi connectivity index (χ1) is 14.0. The van der Waals surface area contributed by atoms with Gasteiger partial charge in [0.25, 0.3) is 0 Å². The molecule has 4 nitrogen and oxygen atoms in total. The molecule has 1 amide bonds. The molecule has 4 rings (SSSR count). The van der Waals surface area contributed by atoms with Crippen molar-refractivity contribution >= 4 is 11.6 Å². The van der Waals surface area contributed by atoms with Crippen molar-refractivity contribution in [1.82, 2.24) is 9.88 Å². The second kappa shape index (κ2) is 8.03. The van der Waals surface area contributed by atoms with E-state index in [9.17, 15) is 9.18 Å². The maximum absolute atomic E-state index is 13.4. The average molecular weight is 389 g/mol. The number of nitrogens with zero attached hydrogens (tertiary/aromatic N) is 2. The molecule has 1 atom stereocenters. The Morgan fingerprint density at radius 3 is 2.72 bits per heavy atom. The molecule has 29 heavy (non-hydrogen) atoms. The molecule has 1 aromatic heterocycles. The van der Waals surface area contributed by atoms with Crippen molar-refractivity contribution in [2.75, 3.05) is 18.8 Å². The normalized spacial score (nSPS) is 16.2. The summed E-state index contributed by atoms with van der Waals surface area (Å²) in [5.41, 5.74) is 10.8. The molecule has 2 heterocycles. The molecule has 1 saturated heterocycles. The third-order valence-electron chi connectivity index (χ3n) is 5.60. The summed E-state index contributed by atoms with van der Waals surface area (Å²) in [6, 6.07) is 18.5. The number of aryl methyl sites for hydroxylation is 1. The van der Waals surface area contributed by atoms with Gasteiger partial charge in [0, 0.05) is 24.6 Å². The van der Waals surface area contributed by atoms with Crippen LogP contribution in [-0.4, -0.2) is 28.9 Å². The van der Waals surface area contributed by atoms with Gasteiger partial charge in [-0.2, -0.15) is 0 Å². The van der Waals surface area contributed by atoms with Crippen molar-refractivity contribution in [2.45, 2.75) is 25.7 Å². The van der Waals surface area contributed by atoms with E-state index in [2.05, 4.69) is 17.1 Å². The molecule has 1 aliphatic rings. The van der Waals surface area contributed by atoms with Gasteiger partial charge in [-0.15, -0.1) is 0 Å². The highest BCUT2D eigenvalue weighted by Crippen LogP contribution is 2.28. The molecule has 3 aromatic rings. The number of aromatic nitrogens is 1. The van der Waals surface area contributed by atoms with Gasteiger partial charge in [0.1, 0.15) is 5.82 Å². The van der Waals surface area contributed by atoms with Crippen LogP contribution in [-0.2, 0) is 11.2 Å². The molecule has 0 aliphatic carbocycles. The van der Waals surface area contributed by atoms with Crippen LogP contribution in [0.3, 0.4) is 0 Å². The van der Waals surface area contributed by atoms with Gasteiger partial charge in [-0.25, -0.2) is 4.39 Å². The van der Waals surface area contributed by atoms with Crippen LogP contribution in [0, 0.1) is 12.7 Å². The SMILES string of the molecule is Cc1cc(F)ccc1-c1ccc(N)c(CC(=O)N2CCC(c3ccccc3)C2)n1. The minimum absolute atomic E-state index is 0.0376. The number of halogens is 1. The molecule has 148 valence electrons. The molecule has 1 aliphatic heterocycles. The minimum atomic E-state index is -0.279. The lowest BCUT2D eigenvalue weighted by Gasteiger charge is -2.17. The van der Waals surface area contributed by atoms with Crippen molar-refractivity contribution in [1.29, 1.82) is 0 Å². The summed E-state index contributed by atoms with van der Waals surface area (Å²) in [4.78, 5) is 19.4. The van der Waals surface area contributed by atoms with Gasteiger partial charge >= 0.3 is 0 Å². The van der Waals surface area contributed by atoms with Gasteiger partial charge in [0.05, 0.1) is 23.5 Å². The van der Waals surface area contributed by atoms with E-state index in [1.165, 1.54) is 17.7 Å². The van der Waals surface area contributed by atoms with Crippen LogP contribution < -0.4 is 5.73 Å². The predicted octanol–water partition coefficient (Wildman–Crippen LogP) is 4.34. The van der Waals surface area contributed by atoms with Crippen molar-refractivity contribution in [2.24, 2.45) is 0 Å². The lowest BCUT2D eigenvalue weighted by Crippen LogP contribution is -2.30. The lowest BCUT2D eigenvalue weighted by molar-refractivity contribution is -0.129. The first-order valence-corrected chi connectivity index (χ1v) is 9.86. The van der Waals surface area contributed by atoms with E-state index in [1.807, 2.05) is 36.1 Å². The number of anilines is 1. The summed E-state index contributed by atoms with van der Waals surface area (Å²) in [7, 11) is 0. The molecular weight excluding hydrogens is 365 g/mol. The van der Waals surface area contributed by atoms with Crippen molar-refractivity contribution in [3.05, 3.63) is 83.3 Å². The zero-order valence-electron chi connectivity index (χ0n) is 16.4. The predicted molar refractivity (Wildman–Crippen MR) is 113 cm³/mol. The Labute approximate surface area is 170 Å². The second-order valence-corrected chi connectivity index (χ2v) is 7.60. The maximum Gasteiger partial charge on any atom is 0.228 e. The summed E-state index contributed by atoms with van der Waals surface area (Å²) >= 11 is 0. The Balaban J connectivity index is 1.50. The van der Waals surface area contributed by atoms with Crippen LogP contribution >= 0.6 is 0 Å². The fraction of sp³-hybridized carbons (Fsp3) is 0.250. The number of nitrogen functional groups attached to an aromatic ring is 1. The minimum Gasteiger partial charge on any atom is -0.397 e. The summed E-state index contributed by atoms with van der Waals surface area (Å²) < 4.78 is 13.4. The first kappa shape index (κ1) is 19.1. The standard InChI is InChI=1S/C24H24FN3O/c1-16-13-19(25)7-8-20(16)22-10-9-21(26)23(27-22)14-24(29)28-12-11-18(15-28)17-5-3-2-4-6-17/h2-10,13,18H,11-12,14-15,26H2,1H3. The van der Waals surface area contributed by atoms with Crippen LogP contribution in [0.15, 0.2) is 60.7 Å². The fourth-order valence-electron chi connectivity index (χ4n) is 3.96. The smallest absolute Gasteiger partial charge is 0.228 e. The van der Waals surface area contributed by atoms with Gasteiger partial charge in [0.2, 0.25) is 5.91 Å². The molecule has 2 N–H and O–H groups in total. The molecule has 1 unspecified atom stereocenters. The number of nitrogens with two attached hydrogens (primary N) is 1. The van der Waals surface area contributed by atoms with Gasteiger partial charge < -0.3 is 10.6 Å². The number of hydrogen-bond acceptors (Lipinski definition) is 3. The Bertz CT molecular complexity index is 1040. The van der Waals surface area contributed by atoms with Crippen LogP contribution in [0.1, 0.15) is 29.2 Å². The number of rotatable bonds is 4. The van der Waals surface area contributed by atoms with E-state index in [0.29, 0.717) is 23.0 Å². The topological polar surface area (TPSA) is 59.2 Å². The largest absolute Gasteiger partial charge is 0.397 e.